The van der Waals surface area contributed by atoms with Gasteiger partial charge in [0.05, 0.1) is 102 Å². The average Bonchev–Trinajstić information content (AvgIpc) is 0.789. The number of carboxylic acid groups (broad SMARTS) is 1. The predicted octanol–water partition coefficient (Wildman–Crippen LogP) is 28.9. The molecule has 3 amide bonds. The van der Waals surface area contributed by atoms with Crippen LogP contribution in [0.4, 0.5) is 39.5 Å². The number of benzene rings is 11. The highest BCUT2D eigenvalue weighted by molar-refractivity contribution is 9.10. The number of aromatic nitrogens is 6. The molecule has 3 heterocycles. The average molecular weight is 1850 g/mol. The molecule has 4 N–H and O–H groups in total. The number of rotatable bonds is 35. The molecule has 14 nitrogen and oxygen atoms in total. The van der Waals surface area contributed by atoms with Crippen LogP contribution in [0.5, 0.6) is 0 Å². The molecule has 11 aromatic carbocycles. The smallest absolute Gasteiger partial charge is 0.416 e. The number of carbonyl (C=O) groups is 4. The number of nitrogens with zero attached hydrogens (tertiary/aromatic N) is 6. The van der Waals surface area contributed by atoms with Crippen LogP contribution in [0.1, 0.15) is 243 Å². The van der Waals surface area contributed by atoms with Crippen LogP contribution < -0.4 is 16.0 Å². The normalized spacial score (nSPS) is 12.3. The molecule has 0 fully saturated rings. The lowest BCUT2D eigenvalue weighted by Gasteiger charge is -2.16. The van der Waals surface area contributed by atoms with Gasteiger partial charge in [-0.25, -0.2) is 29.9 Å². The summed E-state index contributed by atoms with van der Waals surface area (Å²) in [7, 11) is 0. The van der Waals surface area contributed by atoms with Gasteiger partial charge in [-0.05, 0) is 220 Å². The second-order valence-corrected chi connectivity index (χ2v) is 33.8. The maximum Gasteiger partial charge on any atom is 0.416 e. The predicted molar refractivity (Wildman–Crippen MR) is 504 cm³/mol. The Morgan fingerprint density at radius 2 is 0.595 bits per heavy atom. The van der Waals surface area contributed by atoms with E-state index in [9.17, 15) is 58.7 Å². The van der Waals surface area contributed by atoms with Gasteiger partial charge in [-0.2, -0.15) is 39.5 Å². The summed E-state index contributed by atoms with van der Waals surface area (Å²) in [6, 6.07) is 73.5. The van der Waals surface area contributed by atoms with E-state index in [1.54, 1.807) is 54.6 Å². The van der Waals surface area contributed by atoms with Crippen molar-refractivity contribution < 1.29 is 63.8 Å². The largest absolute Gasteiger partial charge is 0.481 e. The van der Waals surface area contributed by atoms with Gasteiger partial charge < -0.3 is 21.1 Å². The highest BCUT2D eigenvalue weighted by Crippen LogP contribution is 2.38. The molecular weight excluding hydrogens is 1740 g/mol. The van der Waals surface area contributed by atoms with E-state index in [-0.39, 0.29) is 42.3 Å². The van der Waals surface area contributed by atoms with E-state index in [0.717, 1.165) is 130 Å². The number of fused-ring (bicyclic) bond motifs is 3. The second-order valence-electron chi connectivity index (χ2n) is 32.9. The molecule has 0 spiro atoms. The Balaban J connectivity index is 0.000000178. The summed E-state index contributed by atoms with van der Waals surface area (Å²) in [5.41, 5.74) is 14.9. The minimum Gasteiger partial charge on any atom is -0.481 e. The van der Waals surface area contributed by atoms with Gasteiger partial charge >= 0.3 is 24.5 Å². The monoisotopic (exact) mass is 1850 g/mol. The van der Waals surface area contributed by atoms with Crippen molar-refractivity contribution in [3.05, 3.63) is 332 Å². The lowest BCUT2D eigenvalue weighted by Crippen LogP contribution is -2.26. The van der Waals surface area contributed by atoms with Crippen LogP contribution in [0.3, 0.4) is 0 Å². The molecule has 0 radical (unpaired) electrons. The van der Waals surface area contributed by atoms with Crippen LogP contribution in [0.2, 0.25) is 0 Å². The molecule has 3 atom stereocenters. The molecule has 0 bridgehead atoms. The number of halogens is 10. The van der Waals surface area contributed by atoms with Gasteiger partial charge in [0, 0.05) is 44.3 Å². The van der Waals surface area contributed by atoms with Gasteiger partial charge in [0.15, 0.2) is 0 Å². The molecule has 0 unspecified atom stereocenters. The van der Waals surface area contributed by atoms with Crippen molar-refractivity contribution in [2.24, 2.45) is 0 Å². The van der Waals surface area contributed by atoms with Crippen LogP contribution in [-0.2, 0) is 42.6 Å². The Morgan fingerprint density at radius 1 is 0.305 bits per heavy atom. The molecule has 131 heavy (non-hydrogen) atoms. The number of carbonyl (C=O) groups excluding carboxylic acids is 3. The maximum absolute atomic E-state index is 13.4. The molecule has 0 saturated heterocycles. The van der Waals surface area contributed by atoms with Crippen LogP contribution in [0.15, 0.2) is 265 Å². The second kappa shape index (κ2) is 46.1. The minimum atomic E-state index is -4.47. The Kier molecular flexibility index (Phi) is 34.2. The first-order chi connectivity index (χ1) is 63.0. The number of nitrogens with one attached hydrogen (secondary N) is 3. The van der Waals surface area contributed by atoms with Gasteiger partial charge in [-0.3, -0.25) is 19.2 Å². The van der Waals surface area contributed by atoms with Gasteiger partial charge in [0.25, 0.3) is 17.7 Å². The van der Waals surface area contributed by atoms with Gasteiger partial charge in [0.1, 0.15) is 0 Å². The summed E-state index contributed by atoms with van der Waals surface area (Å²) < 4.78 is 120. The number of unbranched alkanes of at least 4 members (excludes halogenated alkanes) is 13. The van der Waals surface area contributed by atoms with Gasteiger partial charge in [-0.1, -0.05) is 252 Å². The molecule has 0 aliphatic heterocycles. The zero-order valence-electron chi connectivity index (χ0n) is 73.7. The fourth-order valence-electron chi connectivity index (χ4n) is 15.5. The highest BCUT2D eigenvalue weighted by atomic mass is 79.9. The van der Waals surface area contributed by atoms with Crippen LogP contribution >= 0.6 is 15.9 Å². The number of alkyl halides is 9. The fourth-order valence-corrected chi connectivity index (χ4v) is 16.0. The molecule has 14 rings (SSSR count). The van der Waals surface area contributed by atoms with E-state index in [4.69, 9.17) is 35.0 Å². The first-order valence-electron chi connectivity index (χ1n) is 44.6. The first kappa shape index (κ1) is 97.2. The third-order valence-electron chi connectivity index (χ3n) is 22.9. The Labute approximate surface area is 766 Å². The van der Waals surface area contributed by atoms with E-state index in [2.05, 4.69) is 70.0 Å². The first-order valence-corrected chi connectivity index (χ1v) is 45.4. The summed E-state index contributed by atoms with van der Waals surface area (Å²) in [6.07, 6.45) is 5.20. The van der Waals surface area contributed by atoms with Crippen molar-refractivity contribution in [1.82, 2.24) is 45.9 Å². The summed E-state index contributed by atoms with van der Waals surface area (Å²) in [4.78, 5) is 79.7. The zero-order chi connectivity index (χ0) is 93.2. The molecule has 14 aromatic rings. The van der Waals surface area contributed by atoms with Crippen molar-refractivity contribution in [3.8, 4) is 56.0 Å². The van der Waals surface area contributed by atoms with E-state index in [0.29, 0.717) is 121 Å². The quantitative estimate of drug-likeness (QED) is 0.0217. The topological polar surface area (TPSA) is 202 Å². The Morgan fingerprint density at radius 3 is 0.901 bits per heavy atom. The van der Waals surface area contributed by atoms with E-state index < -0.39 is 41.2 Å². The summed E-state index contributed by atoms with van der Waals surface area (Å²) in [6.45, 7) is 10.2. The molecule has 3 aromatic heterocycles. The van der Waals surface area contributed by atoms with Crippen molar-refractivity contribution in [1.29, 1.82) is 0 Å². The lowest BCUT2D eigenvalue weighted by molar-refractivity contribution is -0.138. The van der Waals surface area contributed by atoms with Crippen molar-refractivity contribution in [2.45, 2.75) is 200 Å². The molecular formula is C107H105BrF9N9O5. The summed E-state index contributed by atoms with van der Waals surface area (Å²) in [5.74, 6) is -1.64. The SMILES string of the molecule is CCCCCCCCCc1nc2cc(C(=O)N[C@@H](C)c3cccc(-c4ccccc4)c3)ccc2nc1-c1ccc(C(F)(F)F)cc1.CCCCCCCCCc1nc2cc(C(=O)N[C@@H](C)c3cccc(Br)c3)ccc2nc1-c1ccc(C(F)(F)F)cc1.C[C@H](NC(=O)c1ccc2nc(-c3ccc(C(F)(F)F)cc3)c(CCCCC(=O)O)nc2c1)c1cccc(-c2ccccc2)c1. The Bertz CT molecular complexity index is 6200. The summed E-state index contributed by atoms with van der Waals surface area (Å²) >= 11 is 3.47. The number of aryl methyl sites for hydroxylation is 3. The summed E-state index contributed by atoms with van der Waals surface area (Å²) in [5, 5.41) is 18.2. The van der Waals surface area contributed by atoms with Crippen LogP contribution in [0, 0.1) is 0 Å². The number of hydrogen-bond acceptors (Lipinski definition) is 10. The van der Waals surface area contributed by atoms with E-state index >= 15 is 0 Å². The number of aliphatic carboxylic acids is 1. The highest BCUT2D eigenvalue weighted by Gasteiger charge is 2.33. The van der Waals surface area contributed by atoms with Gasteiger partial charge in [-0.15, -0.1) is 0 Å². The third-order valence-corrected chi connectivity index (χ3v) is 23.4. The number of amides is 3. The van der Waals surface area contributed by atoms with E-state index in [1.807, 2.05) is 130 Å². The standard InChI is InChI=1S/C39H40F3N3O.C35H30F3N3O3.C33H35BrF3N3O/c1-3-4-5-6-7-8-12-18-35-37(29-19-22-33(23-20-29)39(40,41)42)45-34-24-21-32(26-36(34)44-35)38(46)43-27(2)30-16-13-17-31(25-30)28-14-10-9-11-15-28;1-22(25-10-7-11-26(20-25)23-8-3-2-4-9-23)39-34(44)27-16-19-29-31(21-27)40-30(12-5-6-13-32(42)43)33(41-29)24-14-17-28(18-15-24)35(36,37)38;1-3-4-5-6-7-8-9-13-29-31(23-14-17-26(18-15-23)33(35,36)37)40-28-19-16-25(21-30(28)39-29)32(41)38-22(2)24-11-10-12-27(34)20-24/h9-11,13-17,19-27H,3-8,12,18H2,1-2H3,(H,43,46);2-4,7-11,14-22H,5-6,12-13H2,1H3,(H,39,44)(H,42,43);10-12,14-22H,3-9,13H2,1-2H3,(H,38,41)/t27-;2*22-/m000/s1. The van der Waals surface area contributed by atoms with E-state index in [1.165, 1.54) is 87.8 Å². The Hall–Kier alpha value is -12.8. The zero-order valence-corrected chi connectivity index (χ0v) is 75.3. The molecule has 678 valence electrons. The van der Waals surface area contributed by atoms with Crippen molar-refractivity contribution in [2.75, 3.05) is 0 Å². The lowest BCUT2D eigenvalue weighted by atomic mass is 10.00. The molecule has 0 aliphatic rings. The van der Waals surface area contributed by atoms with Crippen LogP contribution in [0.25, 0.3) is 89.1 Å². The van der Waals surface area contributed by atoms with Crippen molar-refractivity contribution >= 4 is 72.7 Å². The molecule has 0 aliphatic carbocycles. The van der Waals surface area contributed by atoms with Gasteiger partial charge in [0.2, 0.25) is 0 Å². The minimum absolute atomic E-state index is 0.00656. The number of hydrogen-bond donors (Lipinski definition) is 4. The molecule has 24 heteroatoms. The number of carboxylic acids is 1. The molecule has 0 saturated carbocycles. The fraction of sp³-hybridized carbons (Fsp3) is 0.290. The third kappa shape index (κ3) is 27.6. The van der Waals surface area contributed by atoms with Crippen LogP contribution in [-0.4, -0.2) is 58.7 Å². The maximum atomic E-state index is 13.4. The van der Waals surface area contributed by atoms with Crippen molar-refractivity contribution in [3.63, 3.8) is 0 Å².